The maximum atomic E-state index is 5.48. The minimum Gasteiger partial charge on any atom is -0.495 e. The highest BCUT2D eigenvalue weighted by Gasteiger charge is 2.13. The number of anilines is 4. The number of hydrogen-bond acceptors (Lipinski definition) is 7. The Labute approximate surface area is 144 Å². The van der Waals surface area contributed by atoms with Gasteiger partial charge in [0.1, 0.15) is 29.5 Å². The first kappa shape index (κ1) is 15.1. The third kappa shape index (κ3) is 3.25. The summed E-state index contributed by atoms with van der Waals surface area (Å²) in [5, 5.41) is 6.43. The van der Waals surface area contributed by atoms with E-state index >= 15 is 0 Å². The molecule has 0 radical (unpaired) electrons. The van der Waals surface area contributed by atoms with E-state index in [4.69, 9.17) is 4.74 Å². The molecule has 0 unspecified atom stereocenters. The van der Waals surface area contributed by atoms with Crippen molar-refractivity contribution in [3.8, 4) is 5.75 Å². The predicted octanol–water partition coefficient (Wildman–Crippen LogP) is 3.30. The summed E-state index contributed by atoms with van der Waals surface area (Å²) in [6.45, 7) is 0.692. The third-order valence-corrected chi connectivity index (χ3v) is 3.80. The van der Waals surface area contributed by atoms with Crippen LogP contribution in [0.5, 0.6) is 5.75 Å². The molecule has 124 valence electrons. The lowest BCUT2D eigenvalue weighted by Crippen LogP contribution is -2.01. The second-order valence-corrected chi connectivity index (χ2v) is 5.47. The van der Waals surface area contributed by atoms with E-state index in [0.29, 0.717) is 18.2 Å². The molecule has 1 aliphatic rings. The van der Waals surface area contributed by atoms with E-state index in [9.17, 15) is 0 Å². The van der Waals surface area contributed by atoms with Crippen LogP contribution in [-0.4, -0.2) is 28.3 Å². The zero-order valence-corrected chi connectivity index (χ0v) is 13.6. The van der Waals surface area contributed by atoms with Gasteiger partial charge in [0.2, 0.25) is 0 Å². The number of rotatable bonds is 5. The highest BCUT2D eigenvalue weighted by Crippen LogP contribution is 2.32. The van der Waals surface area contributed by atoms with Gasteiger partial charge in [-0.15, -0.1) is 0 Å². The van der Waals surface area contributed by atoms with Crippen molar-refractivity contribution in [2.75, 3.05) is 17.7 Å². The number of nitrogens with one attached hydrogen (secondary N) is 2. The number of hydrogen-bond donors (Lipinski definition) is 2. The van der Waals surface area contributed by atoms with Gasteiger partial charge in [-0.25, -0.2) is 15.0 Å². The van der Waals surface area contributed by atoms with E-state index in [1.165, 1.54) is 6.33 Å². The largest absolute Gasteiger partial charge is 0.495 e. The first-order valence-corrected chi connectivity index (χ1v) is 7.80. The lowest BCUT2D eigenvalue weighted by Gasteiger charge is -2.13. The molecule has 0 aliphatic carbocycles. The normalized spacial score (nSPS) is 11.9. The summed E-state index contributed by atoms with van der Waals surface area (Å²) < 4.78 is 5.48. The first-order chi connectivity index (χ1) is 12.3. The van der Waals surface area contributed by atoms with Crippen molar-refractivity contribution in [1.82, 2.24) is 15.0 Å². The van der Waals surface area contributed by atoms with Crippen molar-refractivity contribution in [3.63, 3.8) is 0 Å². The molecule has 2 aromatic heterocycles. The van der Waals surface area contributed by atoms with E-state index in [1.54, 1.807) is 13.3 Å². The van der Waals surface area contributed by atoms with Crippen LogP contribution in [0.2, 0.25) is 0 Å². The summed E-state index contributed by atoms with van der Waals surface area (Å²) in [7, 11) is 1.65. The van der Waals surface area contributed by atoms with Gasteiger partial charge in [-0.2, -0.15) is 0 Å². The average Bonchev–Trinajstić information content (AvgIpc) is 3.09. The number of ether oxygens (including phenoxy) is 1. The Hall–Kier alpha value is -3.48. The number of methoxy groups -OCH3 is 1. The molecule has 7 heteroatoms. The van der Waals surface area contributed by atoms with Gasteiger partial charge < -0.3 is 15.4 Å². The van der Waals surface area contributed by atoms with Crippen LogP contribution in [0.1, 0.15) is 11.1 Å². The van der Waals surface area contributed by atoms with Gasteiger partial charge in [-0.05, 0) is 35.4 Å². The lowest BCUT2D eigenvalue weighted by molar-refractivity contribution is 0.416. The third-order valence-electron chi connectivity index (χ3n) is 3.80. The van der Waals surface area contributed by atoms with Gasteiger partial charge in [0, 0.05) is 18.5 Å². The Bertz CT molecular complexity index is 926. The van der Waals surface area contributed by atoms with Gasteiger partial charge in [0.05, 0.1) is 19.3 Å². The smallest absolute Gasteiger partial charge is 0.142 e. The van der Waals surface area contributed by atoms with Crippen molar-refractivity contribution in [1.29, 1.82) is 0 Å². The van der Waals surface area contributed by atoms with Crippen LogP contribution >= 0.6 is 0 Å². The molecule has 3 heterocycles. The quantitative estimate of drug-likeness (QED) is 0.746. The van der Waals surface area contributed by atoms with Crippen LogP contribution in [0.4, 0.5) is 23.1 Å². The van der Waals surface area contributed by atoms with Crippen LogP contribution < -0.4 is 15.4 Å². The summed E-state index contributed by atoms with van der Waals surface area (Å²) in [6, 6.07) is 11.5. The summed E-state index contributed by atoms with van der Waals surface area (Å²) in [4.78, 5) is 17.0. The minimum absolute atomic E-state index is 0.651. The van der Waals surface area contributed by atoms with E-state index in [2.05, 4.69) is 30.6 Å². The molecular formula is C18H16N6O. The van der Waals surface area contributed by atoms with Gasteiger partial charge >= 0.3 is 0 Å². The number of pyridine rings is 1. The summed E-state index contributed by atoms with van der Waals surface area (Å²) in [5.41, 5.74) is 3.07. The molecule has 4 rings (SSSR count). The van der Waals surface area contributed by atoms with Gasteiger partial charge in [0.15, 0.2) is 0 Å². The molecule has 0 atom stereocenters. The van der Waals surface area contributed by atoms with E-state index in [0.717, 1.165) is 28.4 Å². The number of aromatic nitrogens is 3. The Balaban J connectivity index is 1.59. The fraction of sp³-hybridized carbons (Fsp3) is 0.111. The molecule has 0 fully saturated rings. The summed E-state index contributed by atoms with van der Waals surface area (Å²) >= 11 is 0. The topological polar surface area (TPSA) is 84.3 Å². The van der Waals surface area contributed by atoms with Gasteiger partial charge in [-0.1, -0.05) is 6.07 Å². The van der Waals surface area contributed by atoms with Crippen molar-refractivity contribution in [3.05, 3.63) is 60.0 Å². The maximum Gasteiger partial charge on any atom is 0.142 e. The van der Waals surface area contributed by atoms with E-state index < -0.39 is 0 Å². The SMILES string of the molecule is COc1cc2c(cc1Nc1cc(Nc3ccccn3)ncn1)C=NC2. The average molecular weight is 332 g/mol. The molecule has 0 spiro atoms. The molecule has 0 saturated carbocycles. The molecule has 7 nitrogen and oxygen atoms in total. The Kier molecular flexibility index (Phi) is 3.96. The fourth-order valence-electron chi connectivity index (χ4n) is 2.60. The second kappa shape index (κ2) is 6.56. The summed E-state index contributed by atoms with van der Waals surface area (Å²) in [6.07, 6.45) is 5.09. The molecule has 0 bridgehead atoms. The summed E-state index contributed by atoms with van der Waals surface area (Å²) in [5.74, 6) is 2.78. The van der Waals surface area contributed by atoms with Crippen molar-refractivity contribution in [2.24, 2.45) is 4.99 Å². The molecule has 25 heavy (non-hydrogen) atoms. The molecule has 1 aromatic carbocycles. The second-order valence-electron chi connectivity index (χ2n) is 5.47. The first-order valence-electron chi connectivity index (χ1n) is 7.80. The number of aliphatic imine (C=N–C) groups is 1. The fourth-order valence-corrected chi connectivity index (χ4v) is 2.60. The molecular weight excluding hydrogens is 316 g/mol. The molecule has 1 aliphatic heterocycles. The lowest BCUT2D eigenvalue weighted by atomic mass is 10.1. The minimum atomic E-state index is 0.651. The molecule has 0 saturated heterocycles. The van der Waals surface area contributed by atoms with Crippen LogP contribution in [0.15, 0.2) is 53.9 Å². The molecule has 0 amide bonds. The highest BCUT2D eigenvalue weighted by atomic mass is 16.5. The van der Waals surface area contributed by atoms with Crippen molar-refractivity contribution >= 4 is 29.4 Å². The number of benzene rings is 1. The number of fused-ring (bicyclic) bond motifs is 1. The monoisotopic (exact) mass is 332 g/mol. The molecule has 3 aromatic rings. The Morgan fingerprint density at radius 3 is 2.64 bits per heavy atom. The van der Waals surface area contributed by atoms with Crippen LogP contribution in [0.3, 0.4) is 0 Å². The Morgan fingerprint density at radius 2 is 1.84 bits per heavy atom. The van der Waals surface area contributed by atoms with E-state index in [-0.39, 0.29) is 0 Å². The van der Waals surface area contributed by atoms with Crippen molar-refractivity contribution in [2.45, 2.75) is 6.54 Å². The van der Waals surface area contributed by atoms with Gasteiger partial charge in [-0.3, -0.25) is 4.99 Å². The van der Waals surface area contributed by atoms with Crippen LogP contribution in [0.25, 0.3) is 0 Å². The zero-order chi connectivity index (χ0) is 17.1. The van der Waals surface area contributed by atoms with Crippen LogP contribution in [-0.2, 0) is 6.54 Å². The van der Waals surface area contributed by atoms with Gasteiger partial charge in [0.25, 0.3) is 0 Å². The van der Waals surface area contributed by atoms with Crippen LogP contribution in [0, 0.1) is 0 Å². The highest BCUT2D eigenvalue weighted by molar-refractivity contribution is 5.88. The maximum absolute atomic E-state index is 5.48. The van der Waals surface area contributed by atoms with E-state index in [1.807, 2.05) is 42.6 Å². The standard InChI is InChI=1S/C18H16N6O/c1-25-15-7-13-10-19-9-12(13)6-14(15)23-17-8-18(22-11-21-17)24-16-4-2-3-5-20-16/h2-9,11H,10H2,1H3,(H2,20,21,22,23,24). The number of nitrogens with zero attached hydrogens (tertiary/aromatic N) is 4. The molecule has 2 N–H and O–H groups in total. The van der Waals surface area contributed by atoms with Crippen molar-refractivity contribution < 1.29 is 4.74 Å². The zero-order valence-electron chi connectivity index (χ0n) is 13.6. The predicted molar refractivity (Wildman–Crippen MR) is 97.1 cm³/mol. The Morgan fingerprint density at radius 1 is 0.960 bits per heavy atom.